The first-order chi connectivity index (χ1) is 11.5. The van der Waals surface area contributed by atoms with Crippen LogP contribution in [0.1, 0.15) is 17.0 Å². The molecule has 6 heteroatoms. The molecule has 124 valence electrons. The number of aliphatic hydroxyl groups excluding tert-OH is 2. The van der Waals surface area contributed by atoms with Gasteiger partial charge in [-0.3, -0.25) is 4.79 Å². The van der Waals surface area contributed by atoms with Gasteiger partial charge in [0, 0.05) is 14.1 Å². The Morgan fingerprint density at radius 2 is 1.17 bits per heavy atom. The molecular weight excluding hydrogens is 306 g/mol. The highest BCUT2D eigenvalue weighted by Crippen LogP contribution is 2.25. The predicted octanol–water partition coefficient (Wildman–Crippen LogP) is 2.59. The van der Waals surface area contributed by atoms with Crippen molar-refractivity contribution in [1.29, 1.82) is 10.5 Å². The Kier molecular flexibility index (Phi) is 10.3. The van der Waals surface area contributed by atoms with E-state index in [2.05, 4.69) is 0 Å². The fraction of sp³-hybridized carbons (Fsp3) is 0.167. The van der Waals surface area contributed by atoms with Crippen LogP contribution in [0.15, 0.2) is 60.7 Å². The Morgan fingerprint density at radius 3 is 1.42 bits per heavy atom. The molecule has 0 aromatic heterocycles. The lowest BCUT2D eigenvalue weighted by Crippen LogP contribution is -2.28. The Hall–Kier alpha value is -3.51. The van der Waals surface area contributed by atoms with Gasteiger partial charge in [-0.25, -0.2) is 0 Å². The van der Waals surface area contributed by atoms with Crippen LogP contribution in [0.25, 0.3) is 0 Å². The maximum absolute atomic E-state index is 12.4. The van der Waals surface area contributed by atoms with Gasteiger partial charge in [0.2, 0.25) is 5.91 Å². The number of aliphatic hydroxyl groups is 2. The number of benzene rings is 2. The zero-order valence-corrected chi connectivity index (χ0v) is 13.5. The summed E-state index contributed by atoms with van der Waals surface area (Å²) in [7, 11) is 3.59. The van der Waals surface area contributed by atoms with E-state index in [-0.39, 0.29) is 11.8 Å². The zero-order valence-electron chi connectivity index (χ0n) is 13.5. The average molecular weight is 325 g/mol. The van der Waals surface area contributed by atoms with Crippen LogP contribution in [0, 0.1) is 23.0 Å². The number of likely N-dealkylation sites (N-methyl/N-ethyl adjacent to an activating group) is 1. The van der Waals surface area contributed by atoms with E-state index in [9.17, 15) is 4.79 Å². The minimum Gasteiger partial charge on any atom is -0.443 e. The van der Waals surface area contributed by atoms with Crippen LogP contribution in [0.4, 0.5) is 0 Å². The third-order valence-corrected chi connectivity index (χ3v) is 2.95. The largest absolute Gasteiger partial charge is 0.443 e. The molecule has 0 saturated heterocycles. The van der Waals surface area contributed by atoms with Crippen LogP contribution < -0.4 is 0 Å². The molecule has 2 N–H and O–H groups in total. The number of nitriles is 2. The fourth-order valence-corrected chi connectivity index (χ4v) is 2.03. The van der Waals surface area contributed by atoms with Gasteiger partial charge in [0.1, 0.15) is 0 Å². The maximum atomic E-state index is 12.4. The molecule has 0 aliphatic heterocycles. The summed E-state index contributed by atoms with van der Waals surface area (Å²) in [5.41, 5.74) is 2.06. The third kappa shape index (κ3) is 6.97. The Bertz CT molecular complexity index is 623. The SMILES string of the molecule is CN(C)C(=O)C(c1ccccc1)c1ccccc1.N#CO.N#CO. The molecule has 0 unspecified atom stereocenters. The minimum atomic E-state index is -0.220. The smallest absolute Gasteiger partial charge is 0.283 e. The standard InChI is InChI=1S/C16H17NO.2CHNO/c1-17(2)16(18)15(13-9-5-3-6-10-13)14-11-7-4-8-12-14;2*2-1-3/h3-12,15H,1-2H3;2*3H. The van der Waals surface area contributed by atoms with Gasteiger partial charge < -0.3 is 15.1 Å². The quantitative estimate of drug-likeness (QED) is 0.843. The second kappa shape index (κ2) is 12.1. The van der Waals surface area contributed by atoms with Crippen molar-refractivity contribution in [3.05, 3.63) is 71.8 Å². The molecule has 24 heavy (non-hydrogen) atoms. The molecule has 0 fully saturated rings. The van der Waals surface area contributed by atoms with E-state index >= 15 is 0 Å². The molecule has 0 aliphatic rings. The van der Waals surface area contributed by atoms with Gasteiger partial charge in [0.05, 0.1) is 5.92 Å². The molecule has 6 nitrogen and oxygen atoms in total. The highest BCUT2D eigenvalue weighted by molar-refractivity contribution is 5.86. The monoisotopic (exact) mass is 325 g/mol. The van der Waals surface area contributed by atoms with Crippen molar-refractivity contribution in [3.63, 3.8) is 0 Å². The van der Waals surface area contributed by atoms with E-state index in [1.54, 1.807) is 19.0 Å². The molecule has 2 aromatic carbocycles. The van der Waals surface area contributed by atoms with Gasteiger partial charge in [-0.1, -0.05) is 60.7 Å². The maximum Gasteiger partial charge on any atom is 0.283 e. The highest BCUT2D eigenvalue weighted by atomic mass is 16.2. The molecular formula is C18H19N3O3. The molecule has 2 rings (SSSR count). The van der Waals surface area contributed by atoms with Gasteiger partial charge in [-0.05, 0) is 11.1 Å². The first kappa shape index (κ1) is 20.5. The molecule has 1 amide bonds. The molecule has 0 radical (unpaired) electrons. The lowest BCUT2D eigenvalue weighted by Gasteiger charge is -2.21. The summed E-state index contributed by atoms with van der Waals surface area (Å²) in [6.45, 7) is 0. The number of nitrogens with zero attached hydrogens (tertiary/aromatic N) is 3. The van der Waals surface area contributed by atoms with Crippen LogP contribution in [-0.4, -0.2) is 35.1 Å². The first-order valence-corrected chi connectivity index (χ1v) is 6.90. The van der Waals surface area contributed by atoms with Crippen LogP contribution >= 0.6 is 0 Å². The average Bonchev–Trinajstić information content (AvgIpc) is 2.58. The molecule has 0 spiro atoms. The van der Waals surface area contributed by atoms with Crippen molar-refractivity contribution in [3.8, 4) is 12.5 Å². The van der Waals surface area contributed by atoms with Gasteiger partial charge in [0.25, 0.3) is 12.5 Å². The summed E-state index contributed by atoms with van der Waals surface area (Å²) in [5, 5.41) is 27.5. The van der Waals surface area contributed by atoms with Crippen molar-refractivity contribution < 1.29 is 15.0 Å². The van der Waals surface area contributed by atoms with E-state index in [1.807, 2.05) is 60.7 Å². The second-order valence-electron chi connectivity index (χ2n) is 4.69. The molecule has 0 saturated carbocycles. The van der Waals surface area contributed by atoms with E-state index in [4.69, 9.17) is 20.7 Å². The number of amides is 1. The highest BCUT2D eigenvalue weighted by Gasteiger charge is 2.23. The van der Waals surface area contributed by atoms with Gasteiger partial charge in [-0.15, -0.1) is 0 Å². The number of hydrogen-bond acceptors (Lipinski definition) is 5. The normalized spacial score (nSPS) is 8.38. The van der Waals surface area contributed by atoms with Gasteiger partial charge >= 0.3 is 0 Å². The van der Waals surface area contributed by atoms with Crippen molar-refractivity contribution in [2.75, 3.05) is 14.1 Å². The summed E-state index contributed by atoms with van der Waals surface area (Å²) >= 11 is 0. The lowest BCUT2D eigenvalue weighted by atomic mass is 9.90. The minimum absolute atomic E-state index is 0.104. The topological polar surface area (TPSA) is 108 Å². The predicted molar refractivity (Wildman–Crippen MR) is 88.5 cm³/mol. The molecule has 0 heterocycles. The summed E-state index contributed by atoms with van der Waals surface area (Å²) in [4.78, 5) is 14.0. The van der Waals surface area contributed by atoms with E-state index in [0.717, 1.165) is 23.6 Å². The van der Waals surface area contributed by atoms with Gasteiger partial charge in [0.15, 0.2) is 0 Å². The summed E-state index contributed by atoms with van der Waals surface area (Å²) in [6.07, 6.45) is 1.50. The van der Waals surface area contributed by atoms with Crippen molar-refractivity contribution in [2.45, 2.75) is 5.92 Å². The molecule has 0 atom stereocenters. The fourth-order valence-electron chi connectivity index (χ4n) is 2.03. The molecule has 0 aliphatic carbocycles. The van der Waals surface area contributed by atoms with E-state index < -0.39 is 0 Å². The zero-order chi connectivity index (χ0) is 18.4. The first-order valence-electron chi connectivity index (χ1n) is 6.90. The van der Waals surface area contributed by atoms with Crippen LogP contribution in [0.5, 0.6) is 0 Å². The number of rotatable bonds is 3. The van der Waals surface area contributed by atoms with Gasteiger partial charge in [-0.2, -0.15) is 10.5 Å². The summed E-state index contributed by atoms with van der Waals surface area (Å²) < 4.78 is 0. The number of carbonyl (C=O) groups excluding carboxylic acids is 1. The summed E-state index contributed by atoms with van der Waals surface area (Å²) in [5.74, 6) is -0.116. The molecule has 2 aromatic rings. The van der Waals surface area contributed by atoms with E-state index in [1.165, 1.54) is 0 Å². The van der Waals surface area contributed by atoms with Crippen molar-refractivity contribution in [1.82, 2.24) is 4.90 Å². The summed E-state index contributed by atoms with van der Waals surface area (Å²) in [6, 6.07) is 19.8. The Labute approximate surface area is 141 Å². The van der Waals surface area contributed by atoms with Crippen molar-refractivity contribution >= 4 is 5.91 Å². The molecule has 0 bridgehead atoms. The van der Waals surface area contributed by atoms with Crippen LogP contribution in [0.2, 0.25) is 0 Å². The lowest BCUT2D eigenvalue weighted by molar-refractivity contribution is -0.129. The number of hydrogen-bond donors (Lipinski definition) is 2. The third-order valence-electron chi connectivity index (χ3n) is 2.95. The Morgan fingerprint density at radius 1 is 0.875 bits per heavy atom. The van der Waals surface area contributed by atoms with E-state index in [0.29, 0.717) is 0 Å². The Balaban J connectivity index is 0.000000772. The van der Waals surface area contributed by atoms with Crippen molar-refractivity contribution in [2.24, 2.45) is 0 Å². The number of carbonyl (C=O) groups is 1. The van der Waals surface area contributed by atoms with Crippen LogP contribution in [-0.2, 0) is 4.79 Å². The van der Waals surface area contributed by atoms with Crippen LogP contribution in [0.3, 0.4) is 0 Å². The second-order valence-corrected chi connectivity index (χ2v) is 4.69.